The standard InChI is InChI=1S/In.Li.H2P.H2Se.2H/h;;2*1H2;;/q+2;;-1;;;/p-1. The molecule has 0 aliphatic carbocycles. The average Bonchev–Trinajstić information content (AvgIpc) is 0.918. The molecule has 0 heterocycles. The molecule has 4 heavy (non-hydrogen) atoms. The molecule has 0 amide bonds. The van der Waals surface area contributed by atoms with E-state index >= 15 is 0 Å². The summed E-state index contributed by atoms with van der Waals surface area (Å²) in [5.41, 5.74) is 0. The van der Waals surface area contributed by atoms with Crippen molar-refractivity contribution in [3.63, 3.8) is 0 Å². The molecular formula is H5InLiPSe. The SMILES string of the molecule is [LiH].[PH2][InH][SeH]. The summed E-state index contributed by atoms with van der Waals surface area (Å²) >= 11 is 2.48. The van der Waals surface area contributed by atoms with Crippen molar-refractivity contribution in [1.29, 1.82) is 0 Å². The molecule has 1 unspecified atom stereocenters. The van der Waals surface area contributed by atoms with Crippen LogP contribution in [0.25, 0.3) is 0 Å². The van der Waals surface area contributed by atoms with Gasteiger partial charge >= 0.3 is 57.8 Å². The van der Waals surface area contributed by atoms with E-state index in [2.05, 4.69) is 19.0 Å². The van der Waals surface area contributed by atoms with Crippen LogP contribution in [0.2, 0.25) is 0 Å². The molecular weight excluding hydrogens is 232 g/mol. The van der Waals surface area contributed by atoms with E-state index in [0.29, 0.717) is 0 Å². The Hall–Kier alpha value is 2.42. The second-order valence-electron chi connectivity index (χ2n) is 0.183. The van der Waals surface area contributed by atoms with E-state index < -0.39 is 0 Å². The van der Waals surface area contributed by atoms with Gasteiger partial charge in [0.25, 0.3) is 0 Å². The second kappa shape index (κ2) is 9.05. The third-order valence-electron chi connectivity index (χ3n) is 0. The molecule has 0 bridgehead atoms. The molecule has 0 nitrogen and oxygen atoms in total. The van der Waals surface area contributed by atoms with Crippen molar-refractivity contribution in [3.05, 3.63) is 0 Å². The van der Waals surface area contributed by atoms with Crippen LogP contribution in [0.1, 0.15) is 0 Å². The maximum absolute atomic E-state index is 2.76. The van der Waals surface area contributed by atoms with Gasteiger partial charge in [-0.1, -0.05) is 0 Å². The topological polar surface area (TPSA) is 0 Å². The molecule has 20 valence electrons. The first-order chi connectivity index (χ1) is 1.41. The first kappa shape index (κ1) is 9.65. The fraction of sp³-hybridized carbons (Fsp3) is 0. The van der Waals surface area contributed by atoms with Crippen LogP contribution in [0.4, 0.5) is 0 Å². The van der Waals surface area contributed by atoms with E-state index in [4.69, 9.17) is 0 Å². The molecule has 0 radical (unpaired) electrons. The first-order valence-electron chi connectivity index (χ1n) is 0.724. The Labute approximate surface area is 57.0 Å². The Morgan fingerprint density at radius 3 is 1.75 bits per heavy atom. The maximum atomic E-state index is 2.76. The van der Waals surface area contributed by atoms with E-state index in [1.54, 1.807) is 0 Å². The molecule has 0 aromatic carbocycles. The van der Waals surface area contributed by atoms with Crippen molar-refractivity contribution in [2.45, 2.75) is 0 Å². The van der Waals surface area contributed by atoms with Crippen LogP contribution in [0.15, 0.2) is 0 Å². The van der Waals surface area contributed by atoms with E-state index in [9.17, 15) is 0 Å². The molecule has 1 atom stereocenters. The van der Waals surface area contributed by atoms with Crippen molar-refractivity contribution < 1.29 is 0 Å². The normalized spacial score (nSPS) is 3.50. The summed E-state index contributed by atoms with van der Waals surface area (Å²) in [7, 11) is 0. The Morgan fingerprint density at radius 1 is 1.75 bits per heavy atom. The number of hydrogen-bond acceptors (Lipinski definition) is 0. The minimum atomic E-state index is -0.156. The van der Waals surface area contributed by atoms with Crippen LogP contribution in [0.5, 0.6) is 0 Å². The average molecular weight is 237 g/mol. The van der Waals surface area contributed by atoms with Crippen molar-refractivity contribution in [1.82, 2.24) is 0 Å². The van der Waals surface area contributed by atoms with Gasteiger partial charge in [-0.3, -0.25) is 0 Å². The zero-order valence-corrected chi connectivity index (χ0v) is 8.80. The van der Waals surface area contributed by atoms with Gasteiger partial charge in [-0.2, -0.15) is 0 Å². The quantitative estimate of drug-likeness (QED) is 0.351. The molecule has 0 saturated carbocycles. The Kier molecular flexibility index (Phi) is 21.8. The van der Waals surface area contributed by atoms with Crippen LogP contribution < -0.4 is 0 Å². The molecule has 0 rings (SSSR count). The summed E-state index contributed by atoms with van der Waals surface area (Å²) in [6.45, 7) is 2.76. The summed E-state index contributed by atoms with van der Waals surface area (Å²) in [5.74, 6) is 0. The van der Waals surface area contributed by atoms with Crippen LogP contribution in [-0.4, -0.2) is 51.2 Å². The van der Waals surface area contributed by atoms with E-state index in [0.717, 1.165) is 0 Å². The van der Waals surface area contributed by atoms with Crippen molar-refractivity contribution in [3.8, 4) is 0 Å². The van der Waals surface area contributed by atoms with E-state index in [-0.39, 0.29) is 38.8 Å². The molecule has 0 fully saturated rings. The number of rotatable bonds is 0. The van der Waals surface area contributed by atoms with Gasteiger partial charge in [-0.25, -0.2) is 0 Å². The molecule has 0 aromatic rings. The summed E-state index contributed by atoms with van der Waals surface area (Å²) in [6.07, 6.45) is 0. The summed E-state index contributed by atoms with van der Waals surface area (Å²) in [6, 6.07) is 0. The van der Waals surface area contributed by atoms with Gasteiger partial charge in [0.1, 0.15) is 0 Å². The molecule has 0 spiro atoms. The fourth-order valence-corrected chi connectivity index (χ4v) is 0. The third kappa shape index (κ3) is 8.83. The van der Waals surface area contributed by atoms with Crippen LogP contribution in [0.3, 0.4) is 0 Å². The summed E-state index contributed by atoms with van der Waals surface area (Å²) in [4.78, 5) is 0. The van der Waals surface area contributed by atoms with E-state index in [1.165, 1.54) is 0 Å². The van der Waals surface area contributed by atoms with E-state index in [1.807, 2.05) is 0 Å². The molecule has 4 heteroatoms. The monoisotopic (exact) mass is 238 g/mol. The summed E-state index contributed by atoms with van der Waals surface area (Å²) in [5, 5.41) is 0. The zero-order chi connectivity index (χ0) is 2.71. The Bertz CT molecular complexity index is 8.00. The molecule has 0 saturated heterocycles. The zero-order valence-electron chi connectivity index (χ0n) is 1.73. The Morgan fingerprint density at radius 2 is 1.75 bits per heavy atom. The second-order valence-corrected chi connectivity index (χ2v) is 19.1. The van der Waals surface area contributed by atoms with Gasteiger partial charge in [0.15, 0.2) is 0 Å². The molecule has 0 N–H and O–H groups in total. The van der Waals surface area contributed by atoms with Gasteiger partial charge < -0.3 is 0 Å². The third-order valence-corrected chi connectivity index (χ3v) is 0. The van der Waals surface area contributed by atoms with Gasteiger partial charge in [0.2, 0.25) is 0 Å². The summed E-state index contributed by atoms with van der Waals surface area (Å²) < 4.78 is 0. The van der Waals surface area contributed by atoms with Crippen LogP contribution in [-0.2, 0) is 0 Å². The fourth-order valence-electron chi connectivity index (χ4n) is 0. The molecule has 0 aromatic heterocycles. The van der Waals surface area contributed by atoms with Gasteiger partial charge in [0.05, 0.1) is 0 Å². The van der Waals surface area contributed by atoms with Crippen molar-refractivity contribution in [2.75, 3.05) is 0 Å². The number of hydrogen-bond donors (Lipinski definition) is 0. The molecule has 0 aliphatic heterocycles. The van der Waals surface area contributed by atoms with Gasteiger partial charge in [-0.05, 0) is 0 Å². The predicted molar refractivity (Wildman–Crippen MR) is 31.2 cm³/mol. The van der Waals surface area contributed by atoms with Gasteiger partial charge in [-0.15, -0.1) is 0 Å². The molecule has 0 aliphatic rings. The minimum absolute atomic E-state index is 0. The van der Waals surface area contributed by atoms with Crippen molar-refractivity contribution >= 4 is 57.8 Å². The van der Waals surface area contributed by atoms with Crippen LogP contribution in [0, 0.1) is 0 Å². The first-order valence-corrected chi connectivity index (χ1v) is 19.2. The predicted octanol–water partition coefficient (Wildman–Crippen LogP) is -1.62. The van der Waals surface area contributed by atoms with Crippen LogP contribution >= 0.6 is 6.59 Å². The van der Waals surface area contributed by atoms with Gasteiger partial charge in [0, 0.05) is 0 Å². The Balaban J connectivity index is 0. The van der Waals surface area contributed by atoms with Crippen molar-refractivity contribution in [2.24, 2.45) is 0 Å².